The molecule has 0 saturated carbocycles. The Balaban J connectivity index is 1.70. The number of nitro groups is 1. The van der Waals surface area contributed by atoms with Gasteiger partial charge in [0, 0.05) is 18.2 Å². The van der Waals surface area contributed by atoms with Gasteiger partial charge in [0.1, 0.15) is 12.1 Å². The maximum atomic E-state index is 10.7. The van der Waals surface area contributed by atoms with Crippen LogP contribution in [-0.2, 0) is 0 Å². The van der Waals surface area contributed by atoms with E-state index in [1.807, 2.05) is 0 Å². The predicted molar refractivity (Wildman–Crippen MR) is 71.8 cm³/mol. The molecule has 0 bridgehead atoms. The third-order valence-electron chi connectivity index (χ3n) is 3.38. The van der Waals surface area contributed by atoms with Crippen LogP contribution in [-0.4, -0.2) is 29.1 Å². The number of piperidine rings is 1. The highest BCUT2D eigenvalue weighted by molar-refractivity contribution is 5.75. The molecule has 1 N–H and O–H groups in total. The van der Waals surface area contributed by atoms with Crippen LogP contribution >= 0.6 is 0 Å². The normalized spacial score (nSPS) is 19.1. The van der Waals surface area contributed by atoms with Crippen molar-refractivity contribution < 1.29 is 14.1 Å². The van der Waals surface area contributed by atoms with Crippen LogP contribution in [0, 0.1) is 10.1 Å². The molecule has 1 saturated heterocycles. The minimum atomic E-state index is -0.458. The summed E-state index contributed by atoms with van der Waals surface area (Å²) in [5, 5.41) is 14.1. The summed E-state index contributed by atoms with van der Waals surface area (Å²) in [6.45, 7) is 1.50. The molecule has 2 heterocycles. The average Bonchev–Trinajstić information content (AvgIpc) is 2.88. The lowest BCUT2D eigenvalue weighted by Gasteiger charge is -2.22. The summed E-state index contributed by atoms with van der Waals surface area (Å²) in [5.74, 6) is 0. The van der Waals surface area contributed by atoms with Crippen molar-refractivity contribution >= 4 is 16.8 Å². The number of nitro benzene ring substituents is 1. The van der Waals surface area contributed by atoms with E-state index in [1.165, 1.54) is 31.0 Å². The molecule has 0 spiro atoms. The number of hydrogen-bond acceptors (Lipinski definition) is 6. The second kappa shape index (κ2) is 5.46. The fraction of sp³-hybridized carbons (Fsp3) is 0.462. The summed E-state index contributed by atoms with van der Waals surface area (Å²) in [6, 6.07) is 4.62. The van der Waals surface area contributed by atoms with Gasteiger partial charge in [0.25, 0.3) is 5.69 Å². The Hall–Kier alpha value is -2.15. The lowest BCUT2D eigenvalue weighted by atomic mass is 10.1. The molecule has 0 amide bonds. The van der Waals surface area contributed by atoms with E-state index in [0.29, 0.717) is 23.7 Å². The van der Waals surface area contributed by atoms with E-state index in [1.54, 1.807) is 0 Å². The Morgan fingerprint density at radius 1 is 1.50 bits per heavy atom. The number of oxazole rings is 1. The topological polar surface area (TPSA) is 90.4 Å². The molecular weight excluding hydrogens is 262 g/mol. The molecular formula is C13H15N3O4. The lowest BCUT2D eigenvalue weighted by molar-refractivity contribution is -0.384. The van der Waals surface area contributed by atoms with Crippen molar-refractivity contribution in [3.8, 4) is 6.08 Å². The summed E-state index contributed by atoms with van der Waals surface area (Å²) in [7, 11) is 0. The number of nitrogens with one attached hydrogen (secondary N) is 1. The van der Waals surface area contributed by atoms with Crippen molar-refractivity contribution in [3.05, 3.63) is 28.3 Å². The Morgan fingerprint density at radius 2 is 2.40 bits per heavy atom. The van der Waals surface area contributed by atoms with E-state index >= 15 is 0 Å². The van der Waals surface area contributed by atoms with E-state index in [0.717, 1.165) is 13.0 Å². The highest BCUT2D eigenvalue weighted by Gasteiger charge is 2.16. The second-order valence-corrected chi connectivity index (χ2v) is 4.85. The van der Waals surface area contributed by atoms with Crippen molar-refractivity contribution in [2.45, 2.75) is 25.3 Å². The molecule has 106 valence electrons. The summed E-state index contributed by atoms with van der Waals surface area (Å²) in [6.07, 6.45) is 3.63. The van der Waals surface area contributed by atoms with Gasteiger partial charge in [-0.25, -0.2) is 0 Å². The van der Waals surface area contributed by atoms with Gasteiger partial charge in [-0.3, -0.25) is 10.1 Å². The molecule has 7 nitrogen and oxygen atoms in total. The van der Waals surface area contributed by atoms with Crippen molar-refractivity contribution in [2.24, 2.45) is 0 Å². The van der Waals surface area contributed by atoms with Crippen molar-refractivity contribution in [3.63, 3.8) is 0 Å². The van der Waals surface area contributed by atoms with E-state index < -0.39 is 4.92 Å². The molecule has 1 fully saturated rings. The monoisotopic (exact) mass is 277 g/mol. The summed E-state index contributed by atoms with van der Waals surface area (Å²) in [4.78, 5) is 14.4. The van der Waals surface area contributed by atoms with Crippen LogP contribution in [0.1, 0.15) is 19.3 Å². The maximum absolute atomic E-state index is 10.7. The Labute approximate surface area is 115 Å². The minimum absolute atomic E-state index is 0.00806. The van der Waals surface area contributed by atoms with Crippen LogP contribution in [0.15, 0.2) is 22.6 Å². The van der Waals surface area contributed by atoms with Gasteiger partial charge in [0.2, 0.25) is 0 Å². The van der Waals surface area contributed by atoms with Crippen molar-refractivity contribution in [1.29, 1.82) is 0 Å². The largest absolute Gasteiger partial charge is 0.449 e. The first-order valence-corrected chi connectivity index (χ1v) is 6.63. The predicted octanol–water partition coefficient (Wildman–Crippen LogP) is 2.26. The van der Waals surface area contributed by atoms with Crippen LogP contribution in [0.3, 0.4) is 0 Å². The number of ether oxygens (including phenoxy) is 1. The molecule has 7 heteroatoms. The summed E-state index contributed by atoms with van der Waals surface area (Å²) in [5.41, 5.74) is 0.916. The molecule has 1 aliphatic rings. The zero-order valence-electron chi connectivity index (χ0n) is 10.9. The van der Waals surface area contributed by atoms with E-state index in [-0.39, 0.29) is 11.8 Å². The lowest BCUT2D eigenvalue weighted by Crippen LogP contribution is -2.38. The second-order valence-electron chi connectivity index (χ2n) is 4.85. The first kappa shape index (κ1) is 12.9. The Bertz CT molecular complexity index is 619. The maximum Gasteiger partial charge on any atom is 0.394 e. The Morgan fingerprint density at radius 3 is 3.15 bits per heavy atom. The zero-order chi connectivity index (χ0) is 13.9. The smallest absolute Gasteiger partial charge is 0.394 e. The number of aromatic nitrogens is 1. The van der Waals surface area contributed by atoms with Gasteiger partial charge in [0.05, 0.1) is 4.92 Å². The van der Waals surface area contributed by atoms with Crippen molar-refractivity contribution in [1.82, 2.24) is 10.3 Å². The van der Waals surface area contributed by atoms with E-state index in [4.69, 9.17) is 9.15 Å². The highest BCUT2D eigenvalue weighted by atomic mass is 16.6. The molecule has 0 unspecified atom stereocenters. The Kier molecular flexibility index (Phi) is 3.51. The van der Waals surface area contributed by atoms with Crippen LogP contribution in [0.2, 0.25) is 0 Å². The molecule has 2 aromatic rings. The van der Waals surface area contributed by atoms with Gasteiger partial charge < -0.3 is 14.5 Å². The van der Waals surface area contributed by atoms with E-state index in [9.17, 15) is 10.1 Å². The quantitative estimate of drug-likeness (QED) is 0.681. The number of non-ortho nitro benzene ring substituents is 1. The third kappa shape index (κ3) is 2.72. The van der Waals surface area contributed by atoms with Gasteiger partial charge in [-0.2, -0.15) is 4.98 Å². The summed E-state index contributed by atoms with van der Waals surface area (Å²) < 4.78 is 10.9. The molecule has 1 aliphatic heterocycles. The van der Waals surface area contributed by atoms with Crippen LogP contribution in [0.4, 0.5) is 5.69 Å². The van der Waals surface area contributed by atoms with Crippen LogP contribution < -0.4 is 10.1 Å². The fourth-order valence-corrected chi connectivity index (χ4v) is 2.31. The van der Waals surface area contributed by atoms with Gasteiger partial charge in [0.15, 0.2) is 5.58 Å². The van der Waals surface area contributed by atoms with Gasteiger partial charge in [-0.1, -0.05) is 6.42 Å². The molecule has 20 heavy (non-hydrogen) atoms. The van der Waals surface area contributed by atoms with E-state index in [2.05, 4.69) is 10.3 Å². The SMILES string of the molecule is O=[N+]([O-])c1ccc2oc(OC[C@@H]3CCCCN3)nc2c1. The van der Waals surface area contributed by atoms with Crippen LogP contribution in [0.5, 0.6) is 6.08 Å². The third-order valence-corrected chi connectivity index (χ3v) is 3.38. The first-order valence-electron chi connectivity index (χ1n) is 6.63. The minimum Gasteiger partial charge on any atom is -0.449 e. The molecule has 1 aromatic heterocycles. The summed E-state index contributed by atoms with van der Waals surface area (Å²) >= 11 is 0. The zero-order valence-corrected chi connectivity index (χ0v) is 10.9. The van der Waals surface area contributed by atoms with Gasteiger partial charge in [-0.05, 0) is 25.5 Å². The fourth-order valence-electron chi connectivity index (χ4n) is 2.31. The standard InChI is InChI=1S/C13H15N3O4/c17-16(18)10-4-5-12-11(7-10)15-13(20-12)19-8-9-3-1-2-6-14-9/h4-5,7,9,14H,1-3,6,8H2/t9-/m0/s1. The van der Waals surface area contributed by atoms with Crippen LogP contribution in [0.25, 0.3) is 11.1 Å². The highest BCUT2D eigenvalue weighted by Crippen LogP contribution is 2.24. The van der Waals surface area contributed by atoms with Crippen molar-refractivity contribution in [2.75, 3.05) is 13.2 Å². The number of rotatable bonds is 4. The number of hydrogen-bond donors (Lipinski definition) is 1. The number of fused-ring (bicyclic) bond motifs is 1. The average molecular weight is 277 g/mol. The molecule has 1 aromatic carbocycles. The molecule has 3 rings (SSSR count). The van der Waals surface area contributed by atoms with Gasteiger partial charge >= 0.3 is 6.08 Å². The molecule has 0 radical (unpaired) electrons. The molecule has 1 atom stereocenters. The first-order chi connectivity index (χ1) is 9.72. The van der Waals surface area contributed by atoms with Gasteiger partial charge in [-0.15, -0.1) is 0 Å². The molecule has 0 aliphatic carbocycles. The number of nitrogens with zero attached hydrogens (tertiary/aromatic N) is 2. The number of benzene rings is 1.